The third kappa shape index (κ3) is 6.56. The van der Waals surface area contributed by atoms with Crippen molar-refractivity contribution in [3.05, 3.63) is 88.6 Å². The van der Waals surface area contributed by atoms with Gasteiger partial charge in [-0.25, -0.2) is 18.7 Å². The molecule has 0 bridgehead atoms. The average Bonchev–Trinajstić information content (AvgIpc) is 3.31. The van der Waals surface area contributed by atoms with Crippen molar-refractivity contribution in [2.75, 3.05) is 7.11 Å². The molecule has 1 aromatic heterocycles. The van der Waals surface area contributed by atoms with Crippen LogP contribution in [0.4, 0.5) is 4.39 Å². The van der Waals surface area contributed by atoms with Crippen molar-refractivity contribution in [1.82, 2.24) is 15.1 Å². The van der Waals surface area contributed by atoms with E-state index >= 15 is 4.39 Å². The van der Waals surface area contributed by atoms with Crippen LogP contribution in [0, 0.1) is 5.82 Å². The zero-order valence-corrected chi connectivity index (χ0v) is 25.6. The number of carbonyl (C=O) groups excluding carboxylic acids is 2. The number of hydrogen-bond acceptors (Lipinski definition) is 7. The number of nitrogens with one attached hydrogen (secondary N) is 1. The van der Waals surface area contributed by atoms with E-state index in [0.717, 1.165) is 5.69 Å². The Morgan fingerprint density at radius 3 is 1.90 bits per heavy atom. The first-order chi connectivity index (χ1) is 19.6. The van der Waals surface area contributed by atoms with Crippen LogP contribution in [0.25, 0.3) is 16.9 Å². The number of rotatable bonds is 6. The summed E-state index contributed by atoms with van der Waals surface area (Å²) in [5, 5.41) is 8.04. The fraction of sp³-hybridized carbons (Fsp3) is 0.364. The van der Waals surface area contributed by atoms with Gasteiger partial charge >= 0.3 is 11.9 Å². The van der Waals surface area contributed by atoms with Crippen LogP contribution >= 0.6 is 0 Å². The predicted molar refractivity (Wildman–Crippen MR) is 158 cm³/mol. The van der Waals surface area contributed by atoms with Gasteiger partial charge in [0.05, 0.1) is 35.6 Å². The number of halogens is 1. The van der Waals surface area contributed by atoms with Gasteiger partial charge in [-0.15, -0.1) is 0 Å². The molecule has 42 heavy (non-hydrogen) atoms. The van der Waals surface area contributed by atoms with Crippen molar-refractivity contribution < 1.29 is 28.2 Å². The standard InChI is InChI=1S/C33H38FN3O5/c1-19-26(30(38)41-32(3,4)5)28(27(20(2)35-19)31(39)42-33(6,7)8)23-18-37(22-13-11-10-12-14-22)36-29(23)21-15-16-25(40-9)24(34)17-21/h10-18,28,35H,1-9H3. The average molecular weight is 576 g/mol. The lowest BCUT2D eigenvalue weighted by molar-refractivity contribution is -0.150. The molecule has 1 aliphatic heterocycles. The summed E-state index contributed by atoms with van der Waals surface area (Å²) >= 11 is 0. The Bertz CT molecular complexity index is 1520. The highest BCUT2D eigenvalue weighted by Crippen LogP contribution is 2.44. The monoisotopic (exact) mass is 575 g/mol. The molecule has 0 radical (unpaired) electrons. The van der Waals surface area contributed by atoms with Gasteiger partial charge in [0.25, 0.3) is 0 Å². The number of hydrogen-bond donors (Lipinski definition) is 1. The highest BCUT2D eigenvalue weighted by molar-refractivity contribution is 6.00. The van der Waals surface area contributed by atoms with E-state index in [1.807, 2.05) is 30.3 Å². The molecule has 1 aliphatic rings. The molecule has 0 fully saturated rings. The molecule has 9 heteroatoms. The first kappa shape index (κ1) is 30.6. The number of dihydropyridines is 1. The Kier molecular flexibility index (Phi) is 8.34. The maximum absolute atomic E-state index is 15.0. The van der Waals surface area contributed by atoms with Gasteiger partial charge in [0, 0.05) is 28.7 Å². The summed E-state index contributed by atoms with van der Waals surface area (Å²) in [5.41, 5.74) is 2.00. The van der Waals surface area contributed by atoms with Gasteiger partial charge in [-0.1, -0.05) is 18.2 Å². The lowest BCUT2D eigenvalue weighted by Gasteiger charge is -2.33. The molecule has 1 N–H and O–H groups in total. The molecule has 3 aromatic rings. The van der Waals surface area contributed by atoms with Crippen LogP contribution in [-0.2, 0) is 19.1 Å². The Hall–Kier alpha value is -4.40. The van der Waals surface area contributed by atoms with Gasteiger partial charge < -0.3 is 19.5 Å². The molecule has 8 nitrogen and oxygen atoms in total. The van der Waals surface area contributed by atoms with Crippen molar-refractivity contribution >= 4 is 11.9 Å². The third-order valence-corrected chi connectivity index (χ3v) is 6.50. The van der Waals surface area contributed by atoms with Gasteiger partial charge in [0.1, 0.15) is 11.2 Å². The summed E-state index contributed by atoms with van der Waals surface area (Å²) < 4.78 is 33.5. The summed E-state index contributed by atoms with van der Waals surface area (Å²) in [7, 11) is 1.39. The lowest BCUT2D eigenvalue weighted by Crippen LogP contribution is -2.36. The highest BCUT2D eigenvalue weighted by atomic mass is 19.1. The first-order valence-electron chi connectivity index (χ1n) is 13.7. The number of esters is 2. The number of carbonyl (C=O) groups is 2. The molecule has 2 aromatic carbocycles. The minimum Gasteiger partial charge on any atom is -0.494 e. The summed E-state index contributed by atoms with van der Waals surface area (Å²) in [6.45, 7) is 14.2. The van der Waals surface area contributed by atoms with E-state index in [-0.39, 0.29) is 16.9 Å². The maximum atomic E-state index is 15.0. The van der Waals surface area contributed by atoms with E-state index in [9.17, 15) is 9.59 Å². The minimum atomic E-state index is -0.937. The Morgan fingerprint density at radius 2 is 1.43 bits per heavy atom. The Labute approximate surface area is 246 Å². The van der Waals surface area contributed by atoms with Crippen LogP contribution < -0.4 is 10.1 Å². The number of benzene rings is 2. The van der Waals surface area contributed by atoms with E-state index in [4.69, 9.17) is 19.3 Å². The van der Waals surface area contributed by atoms with Gasteiger partial charge in [-0.3, -0.25) is 0 Å². The maximum Gasteiger partial charge on any atom is 0.337 e. The first-order valence-corrected chi connectivity index (χ1v) is 13.7. The third-order valence-electron chi connectivity index (χ3n) is 6.50. The van der Waals surface area contributed by atoms with Crippen molar-refractivity contribution in [1.29, 1.82) is 0 Å². The second-order valence-electron chi connectivity index (χ2n) is 12.2. The molecule has 0 saturated carbocycles. The molecule has 2 heterocycles. The van der Waals surface area contributed by atoms with Gasteiger partial charge in [0.2, 0.25) is 0 Å². The van der Waals surface area contributed by atoms with Crippen LogP contribution in [0.5, 0.6) is 5.75 Å². The second kappa shape index (κ2) is 11.5. The molecular weight excluding hydrogens is 537 g/mol. The topological polar surface area (TPSA) is 91.7 Å². The fourth-order valence-corrected chi connectivity index (χ4v) is 4.86. The molecule has 0 amide bonds. The quantitative estimate of drug-likeness (QED) is 0.331. The Morgan fingerprint density at radius 1 is 0.881 bits per heavy atom. The fourth-order valence-electron chi connectivity index (χ4n) is 4.86. The molecule has 4 rings (SSSR count). The largest absolute Gasteiger partial charge is 0.494 e. The summed E-state index contributed by atoms with van der Waals surface area (Å²) in [5.74, 6) is -2.61. The van der Waals surface area contributed by atoms with Crippen LogP contribution in [0.2, 0.25) is 0 Å². The van der Waals surface area contributed by atoms with Crippen LogP contribution in [0.1, 0.15) is 66.9 Å². The van der Waals surface area contributed by atoms with Crippen LogP contribution in [-0.4, -0.2) is 40.0 Å². The van der Waals surface area contributed by atoms with E-state index < -0.39 is 34.9 Å². The summed E-state index contributed by atoms with van der Waals surface area (Å²) in [6.07, 6.45) is 1.76. The lowest BCUT2D eigenvalue weighted by atomic mass is 9.79. The van der Waals surface area contributed by atoms with Crippen LogP contribution in [0.15, 0.2) is 77.3 Å². The van der Waals surface area contributed by atoms with Gasteiger partial charge in [-0.2, -0.15) is 5.10 Å². The number of allylic oxidation sites excluding steroid dienone is 2. The van der Waals surface area contributed by atoms with E-state index in [1.54, 1.807) is 72.3 Å². The summed E-state index contributed by atoms with van der Waals surface area (Å²) in [6, 6.07) is 13.9. The molecule has 0 spiro atoms. The smallest absolute Gasteiger partial charge is 0.337 e. The van der Waals surface area contributed by atoms with Gasteiger partial charge in [-0.05, 0) is 85.7 Å². The van der Waals surface area contributed by atoms with E-state index in [0.29, 0.717) is 28.2 Å². The van der Waals surface area contributed by atoms with Crippen LogP contribution in [0.3, 0.4) is 0 Å². The highest BCUT2D eigenvalue weighted by Gasteiger charge is 2.42. The molecule has 0 atom stereocenters. The van der Waals surface area contributed by atoms with Crippen molar-refractivity contribution in [3.8, 4) is 22.7 Å². The number of methoxy groups -OCH3 is 1. The minimum absolute atomic E-state index is 0.0834. The van der Waals surface area contributed by atoms with Crippen molar-refractivity contribution in [2.24, 2.45) is 0 Å². The molecule has 0 unspecified atom stereocenters. The number of aromatic nitrogens is 2. The number of ether oxygens (including phenoxy) is 3. The second-order valence-corrected chi connectivity index (χ2v) is 12.2. The normalized spacial score (nSPS) is 14.5. The van der Waals surface area contributed by atoms with Crippen molar-refractivity contribution in [2.45, 2.75) is 72.5 Å². The Balaban J connectivity index is 2.03. The molecule has 0 aliphatic carbocycles. The zero-order chi connectivity index (χ0) is 31.0. The molecule has 0 saturated heterocycles. The van der Waals surface area contributed by atoms with E-state index in [1.165, 1.54) is 19.2 Å². The summed E-state index contributed by atoms with van der Waals surface area (Å²) in [4.78, 5) is 27.7. The number of nitrogens with zero attached hydrogens (tertiary/aromatic N) is 2. The van der Waals surface area contributed by atoms with Crippen molar-refractivity contribution in [3.63, 3.8) is 0 Å². The zero-order valence-electron chi connectivity index (χ0n) is 25.6. The predicted octanol–water partition coefficient (Wildman–Crippen LogP) is 6.61. The molecule has 222 valence electrons. The number of para-hydroxylation sites is 1. The van der Waals surface area contributed by atoms with E-state index in [2.05, 4.69) is 5.32 Å². The van der Waals surface area contributed by atoms with Gasteiger partial charge in [0.15, 0.2) is 11.6 Å². The molecular formula is C33H38FN3O5. The SMILES string of the molecule is COc1ccc(-c2nn(-c3ccccc3)cc2C2C(C(=O)OC(C)(C)C)=C(C)NC(C)=C2C(=O)OC(C)(C)C)cc1F.